The van der Waals surface area contributed by atoms with E-state index in [1.165, 1.54) is 12.1 Å². The van der Waals surface area contributed by atoms with Crippen molar-refractivity contribution in [1.29, 1.82) is 0 Å². The molecule has 0 bridgehead atoms. The molecule has 0 spiro atoms. The van der Waals surface area contributed by atoms with Gasteiger partial charge in [-0.2, -0.15) is 12.6 Å². The summed E-state index contributed by atoms with van der Waals surface area (Å²) in [6.07, 6.45) is 3.33. The smallest absolute Gasteiger partial charge is 0.140 e. The molecule has 0 unspecified atom stereocenters. The Morgan fingerprint density at radius 2 is 1.85 bits per heavy atom. The second-order valence-electron chi connectivity index (χ2n) is 2.38. The van der Waals surface area contributed by atoms with Gasteiger partial charge in [-0.3, -0.25) is 0 Å². The quantitative estimate of drug-likeness (QED) is 0.612. The summed E-state index contributed by atoms with van der Waals surface area (Å²) in [6.45, 7) is 0. The molecule has 4 heteroatoms. The van der Waals surface area contributed by atoms with Crippen molar-refractivity contribution in [3.05, 3.63) is 39.9 Å². The van der Waals surface area contributed by atoms with Gasteiger partial charge >= 0.3 is 0 Å². The van der Waals surface area contributed by atoms with Crippen LogP contribution in [0.5, 0.6) is 0 Å². The molecule has 0 atom stereocenters. The van der Waals surface area contributed by atoms with Crippen molar-refractivity contribution in [3.8, 4) is 0 Å². The van der Waals surface area contributed by atoms with Crippen molar-refractivity contribution in [2.45, 2.75) is 0 Å². The normalized spacial score (nSPS) is 11.1. The van der Waals surface area contributed by atoms with Crippen LogP contribution in [0.3, 0.4) is 0 Å². The van der Waals surface area contributed by atoms with Gasteiger partial charge in [0, 0.05) is 5.75 Å². The minimum atomic E-state index is -0.598. The summed E-state index contributed by atoms with van der Waals surface area (Å²) in [5, 5.41) is 0. The molecule has 0 aliphatic rings. The third kappa shape index (κ3) is 2.81. The zero-order valence-corrected chi connectivity index (χ0v) is 9.08. The highest BCUT2D eigenvalue weighted by Gasteiger charge is 2.06. The maximum atomic E-state index is 12.9. The fraction of sp³-hybridized carbons (Fsp3) is 0.111. The van der Waals surface area contributed by atoms with Crippen LogP contribution in [0.2, 0.25) is 0 Å². The van der Waals surface area contributed by atoms with E-state index in [-0.39, 0.29) is 4.47 Å². The average Bonchev–Trinajstić information content (AvgIpc) is 2.10. The zero-order chi connectivity index (χ0) is 9.84. The van der Waals surface area contributed by atoms with Crippen molar-refractivity contribution in [2.24, 2.45) is 0 Å². The first-order valence-corrected chi connectivity index (χ1v) is 4.99. The molecule has 0 N–H and O–H groups in total. The van der Waals surface area contributed by atoms with Gasteiger partial charge in [-0.05, 0) is 33.6 Å². The Labute approximate surface area is 89.2 Å². The third-order valence-corrected chi connectivity index (χ3v) is 2.39. The van der Waals surface area contributed by atoms with Crippen LogP contribution in [-0.4, -0.2) is 5.75 Å². The summed E-state index contributed by atoms with van der Waals surface area (Å²) < 4.78 is 25.7. The molecule has 1 rings (SSSR count). The molecule has 0 nitrogen and oxygen atoms in total. The van der Waals surface area contributed by atoms with Gasteiger partial charge in [-0.15, -0.1) is 0 Å². The lowest BCUT2D eigenvalue weighted by atomic mass is 10.2. The minimum Gasteiger partial charge on any atom is -0.206 e. The van der Waals surface area contributed by atoms with E-state index in [0.29, 0.717) is 11.3 Å². The Balaban J connectivity index is 3.06. The monoisotopic (exact) mass is 264 g/mol. The standard InChI is InChI=1S/C9H7BrF2S/c10-9-7(11)4-6(2-1-3-13)5-8(9)12/h1-2,4-5,13H,3H2. The third-order valence-electron chi connectivity index (χ3n) is 1.42. The summed E-state index contributed by atoms with van der Waals surface area (Å²) in [5.74, 6) is -0.656. The maximum Gasteiger partial charge on any atom is 0.140 e. The topological polar surface area (TPSA) is 0 Å². The van der Waals surface area contributed by atoms with Crippen LogP contribution in [0.1, 0.15) is 5.56 Å². The van der Waals surface area contributed by atoms with Gasteiger partial charge in [-0.25, -0.2) is 8.78 Å². The summed E-state index contributed by atoms with van der Waals surface area (Å²) >= 11 is 6.73. The highest BCUT2D eigenvalue weighted by molar-refractivity contribution is 9.10. The van der Waals surface area contributed by atoms with Crippen molar-refractivity contribution in [3.63, 3.8) is 0 Å². The van der Waals surface area contributed by atoms with Crippen molar-refractivity contribution < 1.29 is 8.78 Å². The Morgan fingerprint density at radius 1 is 1.31 bits per heavy atom. The highest BCUT2D eigenvalue weighted by Crippen LogP contribution is 2.21. The molecule has 1 aromatic rings. The molecule has 0 fully saturated rings. The van der Waals surface area contributed by atoms with E-state index in [0.717, 1.165) is 0 Å². The Hall–Kier alpha value is -0.350. The number of rotatable bonds is 2. The van der Waals surface area contributed by atoms with Crippen LogP contribution in [0.4, 0.5) is 8.78 Å². The predicted molar refractivity (Wildman–Crippen MR) is 56.9 cm³/mol. The largest absolute Gasteiger partial charge is 0.206 e. The van der Waals surface area contributed by atoms with E-state index in [2.05, 4.69) is 28.6 Å². The van der Waals surface area contributed by atoms with E-state index in [9.17, 15) is 8.78 Å². The molecular weight excluding hydrogens is 258 g/mol. The van der Waals surface area contributed by atoms with E-state index in [1.54, 1.807) is 12.2 Å². The van der Waals surface area contributed by atoms with E-state index in [4.69, 9.17) is 0 Å². The number of benzene rings is 1. The molecule has 1 aromatic carbocycles. The molecular formula is C9H7BrF2S. The van der Waals surface area contributed by atoms with Crippen molar-refractivity contribution >= 4 is 34.6 Å². The summed E-state index contributed by atoms with van der Waals surface area (Å²) in [6, 6.07) is 2.51. The molecule has 0 saturated heterocycles. The first kappa shape index (κ1) is 10.7. The molecule has 13 heavy (non-hydrogen) atoms. The van der Waals surface area contributed by atoms with Crippen molar-refractivity contribution in [1.82, 2.24) is 0 Å². The van der Waals surface area contributed by atoms with Crippen LogP contribution in [0.15, 0.2) is 22.7 Å². The first-order chi connectivity index (χ1) is 6.15. The maximum absolute atomic E-state index is 12.9. The van der Waals surface area contributed by atoms with Gasteiger partial charge in [0.2, 0.25) is 0 Å². The van der Waals surface area contributed by atoms with Crippen LogP contribution in [0.25, 0.3) is 6.08 Å². The van der Waals surface area contributed by atoms with Gasteiger partial charge < -0.3 is 0 Å². The lowest BCUT2D eigenvalue weighted by Gasteiger charge is -1.98. The average molecular weight is 265 g/mol. The van der Waals surface area contributed by atoms with E-state index >= 15 is 0 Å². The Bertz CT molecular complexity index is 313. The van der Waals surface area contributed by atoms with Crippen LogP contribution in [-0.2, 0) is 0 Å². The van der Waals surface area contributed by atoms with Gasteiger partial charge in [0.05, 0.1) is 4.47 Å². The summed E-state index contributed by atoms with van der Waals surface area (Å²) in [4.78, 5) is 0. The minimum absolute atomic E-state index is 0.129. The molecule has 70 valence electrons. The Morgan fingerprint density at radius 3 is 2.31 bits per heavy atom. The van der Waals surface area contributed by atoms with Crippen LogP contribution >= 0.6 is 28.6 Å². The lowest BCUT2D eigenvalue weighted by molar-refractivity contribution is 0.571. The number of halogens is 3. The molecule has 0 aromatic heterocycles. The van der Waals surface area contributed by atoms with Crippen LogP contribution < -0.4 is 0 Å². The molecule has 0 amide bonds. The number of hydrogen-bond donors (Lipinski definition) is 1. The first-order valence-electron chi connectivity index (χ1n) is 3.57. The number of hydrogen-bond acceptors (Lipinski definition) is 1. The second kappa shape index (κ2) is 4.77. The van der Waals surface area contributed by atoms with Crippen molar-refractivity contribution in [2.75, 3.05) is 5.75 Å². The van der Waals surface area contributed by atoms with Crippen LogP contribution in [0, 0.1) is 11.6 Å². The highest BCUT2D eigenvalue weighted by atomic mass is 79.9. The van der Waals surface area contributed by atoms with E-state index in [1.807, 2.05) is 0 Å². The summed E-state index contributed by atoms with van der Waals surface area (Å²) in [7, 11) is 0. The fourth-order valence-corrected chi connectivity index (χ4v) is 1.19. The summed E-state index contributed by atoms with van der Waals surface area (Å²) in [5.41, 5.74) is 0.493. The molecule has 0 heterocycles. The van der Waals surface area contributed by atoms with Gasteiger partial charge in [0.25, 0.3) is 0 Å². The molecule has 0 aliphatic carbocycles. The number of thiol groups is 1. The van der Waals surface area contributed by atoms with Gasteiger partial charge in [-0.1, -0.05) is 12.2 Å². The fourth-order valence-electron chi connectivity index (χ4n) is 0.860. The zero-order valence-electron chi connectivity index (χ0n) is 6.60. The predicted octanol–water partition coefficient (Wildman–Crippen LogP) is 3.67. The SMILES string of the molecule is Fc1cc(C=CCS)cc(F)c1Br. The lowest BCUT2D eigenvalue weighted by Crippen LogP contribution is -1.85. The Kier molecular flexibility index (Phi) is 3.93. The molecule has 0 saturated carbocycles. The van der Waals surface area contributed by atoms with E-state index < -0.39 is 11.6 Å². The van der Waals surface area contributed by atoms with Gasteiger partial charge in [0.1, 0.15) is 11.6 Å². The second-order valence-corrected chi connectivity index (χ2v) is 3.54. The molecule has 0 aliphatic heterocycles. The molecule has 0 radical (unpaired) electrons. The van der Waals surface area contributed by atoms with Gasteiger partial charge in [0.15, 0.2) is 0 Å².